The van der Waals surface area contributed by atoms with Crippen molar-refractivity contribution < 1.29 is 0 Å². The minimum Gasteiger partial charge on any atom is -0.312 e. The van der Waals surface area contributed by atoms with Crippen LogP contribution in [0.15, 0.2) is 23.2 Å². The van der Waals surface area contributed by atoms with E-state index in [9.17, 15) is 0 Å². The molecule has 1 aromatic carbocycles. The summed E-state index contributed by atoms with van der Waals surface area (Å²) in [7, 11) is 0. The number of hydrazine groups is 1. The topological polar surface area (TPSA) is 50.4 Å². The first-order valence-corrected chi connectivity index (χ1v) is 5.93. The van der Waals surface area contributed by atoms with Crippen LogP contribution in [-0.2, 0) is 6.42 Å². The molecule has 0 radical (unpaired) electrons. The second-order valence-electron chi connectivity index (χ2n) is 5.48. The molecule has 0 atom stereocenters. The Hall–Kier alpha value is -1.35. The van der Waals surface area contributed by atoms with Crippen LogP contribution in [0.2, 0.25) is 0 Å². The molecule has 3 N–H and O–H groups in total. The van der Waals surface area contributed by atoms with Crippen LogP contribution in [0.3, 0.4) is 0 Å². The van der Waals surface area contributed by atoms with Crippen LogP contribution in [0, 0.1) is 13.8 Å². The maximum atomic E-state index is 5.54. The molecule has 0 saturated heterocycles. The molecule has 0 aliphatic carbocycles. The third-order valence-electron chi connectivity index (χ3n) is 2.50. The number of nitrogens with two attached hydrogens (primary N) is 1. The third kappa shape index (κ3) is 4.57. The van der Waals surface area contributed by atoms with Crippen molar-refractivity contribution in [1.82, 2.24) is 5.43 Å². The average Bonchev–Trinajstić information content (AvgIpc) is 2.20. The zero-order chi connectivity index (χ0) is 13.1. The molecule has 0 fully saturated rings. The minimum absolute atomic E-state index is 0.112. The van der Waals surface area contributed by atoms with Crippen molar-refractivity contribution >= 4 is 5.84 Å². The Bertz CT molecular complexity index is 414. The molecule has 0 amide bonds. The summed E-state index contributed by atoms with van der Waals surface area (Å²) in [6, 6.07) is 6.44. The molecule has 0 aromatic heterocycles. The highest BCUT2D eigenvalue weighted by atomic mass is 15.3. The zero-order valence-electron chi connectivity index (χ0n) is 11.5. The average molecular weight is 233 g/mol. The Balaban J connectivity index is 2.96. The fourth-order valence-electron chi connectivity index (χ4n) is 1.70. The van der Waals surface area contributed by atoms with Gasteiger partial charge in [0.15, 0.2) is 0 Å². The van der Waals surface area contributed by atoms with Gasteiger partial charge in [0, 0.05) is 6.42 Å². The van der Waals surface area contributed by atoms with Crippen LogP contribution in [0.1, 0.15) is 37.5 Å². The van der Waals surface area contributed by atoms with Gasteiger partial charge in [-0.3, -0.25) is 4.99 Å². The van der Waals surface area contributed by atoms with Crippen LogP contribution >= 0.6 is 0 Å². The molecule has 0 unspecified atom stereocenters. The van der Waals surface area contributed by atoms with Crippen LogP contribution < -0.4 is 11.3 Å². The molecule has 94 valence electrons. The van der Waals surface area contributed by atoms with Gasteiger partial charge in [0.2, 0.25) is 0 Å². The number of aryl methyl sites for hydroxylation is 2. The van der Waals surface area contributed by atoms with E-state index >= 15 is 0 Å². The third-order valence-corrected chi connectivity index (χ3v) is 2.50. The van der Waals surface area contributed by atoms with Crippen LogP contribution in [-0.4, -0.2) is 11.4 Å². The van der Waals surface area contributed by atoms with Crippen molar-refractivity contribution in [3.63, 3.8) is 0 Å². The summed E-state index contributed by atoms with van der Waals surface area (Å²) in [5.74, 6) is 6.36. The number of hydrogen-bond acceptors (Lipinski definition) is 2. The molecule has 0 spiro atoms. The van der Waals surface area contributed by atoms with Gasteiger partial charge in [-0.05, 0) is 45.7 Å². The Labute approximate surface area is 104 Å². The van der Waals surface area contributed by atoms with Crippen LogP contribution in [0.4, 0.5) is 0 Å². The molecule has 0 heterocycles. The van der Waals surface area contributed by atoms with Crippen molar-refractivity contribution in [3.8, 4) is 0 Å². The van der Waals surface area contributed by atoms with E-state index in [0.29, 0.717) is 0 Å². The van der Waals surface area contributed by atoms with Crippen molar-refractivity contribution in [2.75, 3.05) is 0 Å². The quantitative estimate of drug-likeness (QED) is 0.357. The van der Waals surface area contributed by atoms with E-state index in [1.165, 1.54) is 16.7 Å². The monoisotopic (exact) mass is 233 g/mol. The van der Waals surface area contributed by atoms with Gasteiger partial charge in [0.25, 0.3) is 0 Å². The van der Waals surface area contributed by atoms with Gasteiger partial charge in [0.1, 0.15) is 5.84 Å². The van der Waals surface area contributed by atoms with E-state index < -0.39 is 0 Å². The van der Waals surface area contributed by atoms with E-state index in [2.05, 4.69) is 63.2 Å². The Morgan fingerprint density at radius 1 is 1.29 bits per heavy atom. The smallest absolute Gasteiger partial charge is 0.115 e. The number of amidine groups is 1. The standard InChI is InChI=1S/C14H23N3/c1-10-6-7-11(2)12(8-10)9-13(17-15)16-14(3,4)5/h6-8H,9,15H2,1-5H3,(H,16,17). The van der Waals surface area contributed by atoms with Gasteiger partial charge in [0.05, 0.1) is 5.54 Å². The summed E-state index contributed by atoms with van der Waals surface area (Å²) in [5, 5.41) is 0. The molecule has 17 heavy (non-hydrogen) atoms. The number of aliphatic imine (C=N–C) groups is 1. The highest BCUT2D eigenvalue weighted by Gasteiger charge is 2.10. The van der Waals surface area contributed by atoms with Crippen molar-refractivity contribution in [2.24, 2.45) is 10.8 Å². The SMILES string of the molecule is Cc1ccc(C)c(CC(=NC(C)(C)C)NN)c1. The fourth-order valence-corrected chi connectivity index (χ4v) is 1.70. The van der Waals surface area contributed by atoms with Gasteiger partial charge in [-0.1, -0.05) is 23.8 Å². The molecule has 0 bridgehead atoms. The normalized spacial score (nSPS) is 12.7. The molecular formula is C14H23N3. The first-order chi connectivity index (χ1) is 7.81. The van der Waals surface area contributed by atoms with Gasteiger partial charge in [-0.2, -0.15) is 0 Å². The number of benzene rings is 1. The lowest BCUT2D eigenvalue weighted by molar-refractivity contribution is 0.578. The summed E-state index contributed by atoms with van der Waals surface area (Å²) in [5.41, 5.74) is 6.39. The maximum absolute atomic E-state index is 5.54. The Kier molecular flexibility index (Phi) is 4.29. The summed E-state index contributed by atoms with van der Waals surface area (Å²) >= 11 is 0. The number of nitrogens with zero attached hydrogens (tertiary/aromatic N) is 1. The van der Waals surface area contributed by atoms with Crippen molar-refractivity contribution in [3.05, 3.63) is 34.9 Å². The summed E-state index contributed by atoms with van der Waals surface area (Å²) < 4.78 is 0. The van der Waals surface area contributed by atoms with E-state index in [1.54, 1.807) is 0 Å². The van der Waals surface area contributed by atoms with E-state index in [4.69, 9.17) is 5.84 Å². The lowest BCUT2D eigenvalue weighted by atomic mass is 10.0. The molecule has 1 aromatic rings. The van der Waals surface area contributed by atoms with Crippen LogP contribution in [0.5, 0.6) is 0 Å². The van der Waals surface area contributed by atoms with Crippen LogP contribution in [0.25, 0.3) is 0 Å². The lowest BCUT2D eigenvalue weighted by Gasteiger charge is -2.16. The first kappa shape index (κ1) is 13.7. The van der Waals surface area contributed by atoms with E-state index in [0.717, 1.165) is 12.3 Å². The Morgan fingerprint density at radius 2 is 1.94 bits per heavy atom. The molecule has 0 aliphatic heterocycles. The predicted molar refractivity (Wildman–Crippen MR) is 74.1 cm³/mol. The van der Waals surface area contributed by atoms with Crippen molar-refractivity contribution in [1.29, 1.82) is 0 Å². The molecule has 1 rings (SSSR count). The largest absolute Gasteiger partial charge is 0.312 e. The zero-order valence-corrected chi connectivity index (χ0v) is 11.5. The van der Waals surface area contributed by atoms with Gasteiger partial charge in [-0.15, -0.1) is 0 Å². The summed E-state index contributed by atoms with van der Waals surface area (Å²) in [6.07, 6.45) is 0.751. The lowest BCUT2D eigenvalue weighted by Crippen LogP contribution is -2.34. The predicted octanol–water partition coefficient (Wildman–Crippen LogP) is 2.51. The summed E-state index contributed by atoms with van der Waals surface area (Å²) in [4.78, 5) is 4.57. The number of rotatable bonds is 2. The molecule has 0 aliphatic rings. The highest BCUT2D eigenvalue weighted by molar-refractivity contribution is 5.84. The summed E-state index contributed by atoms with van der Waals surface area (Å²) in [6.45, 7) is 10.4. The molecule has 3 nitrogen and oxygen atoms in total. The number of hydrogen-bond donors (Lipinski definition) is 2. The molecular weight excluding hydrogens is 210 g/mol. The molecule has 3 heteroatoms. The van der Waals surface area contributed by atoms with Gasteiger partial charge in [-0.25, -0.2) is 5.84 Å². The highest BCUT2D eigenvalue weighted by Crippen LogP contribution is 2.13. The minimum atomic E-state index is -0.112. The van der Waals surface area contributed by atoms with Gasteiger partial charge < -0.3 is 5.43 Å². The van der Waals surface area contributed by atoms with Gasteiger partial charge >= 0.3 is 0 Å². The Morgan fingerprint density at radius 3 is 2.47 bits per heavy atom. The second-order valence-corrected chi connectivity index (χ2v) is 5.48. The van der Waals surface area contributed by atoms with Crippen molar-refractivity contribution in [2.45, 2.75) is 46.6 Å². The molecule has 0 saturated carbocycles. The fraction of sp³-hybridized carbons (Fsp3) is 0.500. The first-order valence-electron chi connectivity index (χ1n) is 5.93. The number of nitrogens with one attached hydrogen (secondary N) is 1. The second kappa shape index (κ2) is 5.32. The van der Waals surface area contributed by atoms with E-state index in [-0.39, 0.29) is 5.54 Å². The maximum Gasteiger partial charge on any atom is 0.115 e. The van der Waals surface area contributed by atoms with E-state index in [1.807, 2.05) is 0 Å².